The van der Waals surface area contributed by atoms with Gasteiger partial charge in [0.2, 0.25) is 0 Å². The summed E-state index contributed by atoms with van der Waals surface area (Å²) in [7, 11) is 1.56. The molecule has 6 heteroatoms. The number of carboxylic acid groups (broad SMARTS) is 1. The van der Waals surface area contributed by atoms with Gasteiger partial charge in [-0.15, -0.1) is 0 Å². The first-order valence-corrected chi connectivity index (χ1v) is 4.85. The van der Waals surface area contributed by atoms with E-state index in [0.29, 0.717) is 12.2 Å². The number of nitrogens with one attached hydrogen (secondary N) is 1. The van der Waals surface area contributed by atoms with Crippen LogP contribution in [-0.4, -0.2) is 30.7 Å². The predicted molar refractivity (Wildman–Crippen MR) is 58.2 cm³/mol. The monoisotopic (exact) mass is 239 g/mol. The van der Waals surface area contributed by atoms with Gasteiger partial charge in [-0.2, -0.15) is 0 Å². The van der Waals surface area contributed by atoms with E-state index in [2.05, 4.69) is 4.84 Å². The maximum atomic E-state index is 11.5. The minimum atomic E-state index is -1.15. The molecule has 0 aliphatic heterocycles. The first-order chi connectivity index (χ1) is 8.13. The second-order valence-electron chi connectivity index (χ2n) is 3.25. The van der Waals surface area contributed by atoms with Crippen molar-refractivity contribution < 1.29 is 24.3 Å². The molecule has 6 nitrogen and oxygen atoms in total. The number of hydrogen-bond acceptors (Lipinski definition) is 4. The zero-order valence-corrected chi connectivity index (χ0v) is 9.30. The Balaban J connectivity index is 2.56. The van der Waals surface area contributed by atoms with Gasteiger partial charge in [-0.05, 0) is 17.7 Å². The van der Waals surface area contributed by atoms with Gasteiger partial charge in [0.25, 0.3) is 5.91 Å². The fourth-order valence-electron chi connectivity index (χ4n) is 1.19. The summed E-state index contributed by atoms with van der Waals surface area (Å²) >= 11 is 0. The van der Waals surface area contributed by atoms with E-state index in [1.54, 1.807) is 25.3 Å². The minimum Gasteiger partial charge on any atom is -0.479 e. The lowest BCUT2D eigenvalue weighted by molar-refractivity contribution is -0.144. The molecular weight excluding hydrogens is 226 g/mol. The number of hydroxylamine groups is 1. The van der Waals surface area contributed by atoms with Crippen LogP contribution in [-0.2, 0) is 21.0 Å². The molecule has 1 amide bonds. The molecule has 0 saturated carbocycles. The van der Waals surface area contributed by atoms with Gasteiger partial charge in [-0.3, -0.25) is 9.63 Å². The number of carboxylic acids is 1. The molecule has 0 fully saturated rings. The van der Waals surface area contributed by atoms with Crippen molar-refractivity contribution in [1.29, 1.82) is 0 Å². The van der Waals surface area contributed by atoms with E-state index in [-0.39, 0.29) is 0 Å². The van der Waals surface area contributed by atoms with Crippen LogP contribution in [0.3, 0.4) is 0 Å². The molecule has 17 heavy (non-hydrogen) atoms. The van der Waals surface area contributed by atoms with Crippen molar-refractivity contribution in [3.8, 4) is 0 Å². The van der Waals surface area contributed by atoms with Crippen LogP contribution in [0, 0.1) is 0 Å². The minimum absolute atomic E-state index is 0.380. The third-order valence-corrected chi connectivity index (χ3v) is 1.86. The van der Waals surface area contributed by atoms with Crippen molar-refractivity contribution in [2.75, 3.05) is 13.7 Å². The molecule has 2 N–H and O–H groups in total. The zero-order valence-electron chi connectivity index (χ0n) is 9.30. The van der Waals surface area contributed by atoms with Gasteiger partial charge in [-0.1, -0.05) is 12.1 Å². The van der Waals surface area contributed by atoms with Gasteiger partial charge >= 0.3 is 5.97 Å². The van der Waals surface area contributed by atoms with Crippen LogP contribution < -0.4 is 5.48 Å². The highest BCUT2D eigenvalue weighted by molar-refractivity contribution is 5.93. The Morgan fingerprint density at radius 1 is 1.41 bits per heavy atom. The van der Waals surface area contributed by atoms with Crippen molar-refractivity contribution in [2.45, 2.75) is 6.61 Å². The van der Waals surface area contributed by atoms with Crippen LogP contribution in [0.5, 0.6) is 0 Å². The smallest absolute Gasteiger partial charge is 0.332 e. The number of hydrogen-bond donors (Lipinski definition) is 2. The molecule has 0 spiro atoms. The highest BCUT2D eigenvalue weighted by Gasteiger charge is 2.07. The summed E-state index contributed by atoms with van der Waals surface area (Å²) in [4.78, 5) is 26.2. The van der Waals surface area contributed by atoms with Gasteiger partial charge in [0.05, 0.1) is 6.61 Å². The number of methoxy groups -OCH3 is 1. The van der Waals surface area contributed by atoms with E-state index in [0.717, 1.165) is 5.56 Å². The SMILES string of the molecule is COCc1cccc(C(=O)NOCC(=O)O)c1. The molecule has 0 aliphatic carbocycles. The largest absolute Gasteiger partial charge is 0.479 e. The summed E-state index contributed by atoms with van der Waals surface area (Å²) in [5, 5.41) is 8.32. The van der Waals surface area contributed by atoms with Crippen molar-refractivity contribution >= 4 is 11.9 Å². The molecule has 0 aliphatic rings. The summed E-state index contributed by atoms with van der Waals surface area (Å²) in [6, 6.07) is 6.76. The Labute approximate surface area is 98.1 Å². The van der Waals surface area contributed by atoms with Crippen molar-refractivity contribution in [3.63, 3.8) is 0 Å². The average Bonchev–Trinajstić information content (AvgIpc) is 2.29. The zero-order chi connectivity index (χ0) is 12.7. The van der Waals surface area contributed by atoms with E-state index in [1.807, 2.05) is 11.5 Å². The normalized spacial score (nSPS) is 9.94. The number of ether oxygens (including phenoxy) is 1. The van der Waals surface area contributed by atoms with Gasteiger partial charge in [0.15, 0.2) is 6.61 Å². The first-order valence-electron chi connectivity index (χ1n) is 4.85. The van der Waals surface area contributed by atoms with E-state index < -0.39 is 18.5 Å². The Morgan fingerprint density at radius 2 is 2.18 bits per heavy atom. The quantitative estimate of drug-likeness (QED) is 0.709. The summed E-state index contributed by atoms with van der Waals surface area (Å²) in [5.74, 6) is -1.65. The van der Waals surface area contributed by atoms with Crippen LogP contribution in [0.4, 0.5) is 0 Å². The maximum absolute atomic E-state index is 11.5. The van der Waals surface area contributed by atoms with Crippen LogP contribution >= 0.6 is 0 Å². The van der Waals surface area contributed by atoms with Crippen LogP contribution in [0.15, 0.2) is 24.3 Å². The molecular formula is C11H13NO5. The fourth-order valence-corrected chi connectivity index (χ4v) is 1.19. The molecule has 1 aromatic rings. The second-order valence-corrected chi connectivity index (χ2v) is 3.25. The molecule has 0 radical (unpaired) electrons. The lowest BCUT2D eigenvalue weighted by Gasteiger charge is -2.05. The summed E-state index contributed by atoms with van der Waals surface area (Å²) < 4.78 is 4.93. The number of rotatable bonds is 6. The molecule has 0 aromatic heterocycles. The molecule has 0 atom stereocenters. The second kappa shape index (κ2) is 6.62. The summed E-state index contributed by atoms with van der Waals surface area (Å²) in [6.45, 7) is -0.180. The topological polar surface area (TPSA) is 84.9 Å². The first kappa shape index (κ1) is 13.1. The van der Waals surface area contributed by atoms with E-state index in [4.69, 9.17) is 9.84 Å². The van der Waals surface area contributed by atoms with E-state index in [9.17, 15) is 9.59 Å². The molecule has 1 aromatic carbocycles. The Bertz CT molecular complexity index is 405. The molecule has 0 saturated heterocycles. The molecule has 0 bridgehead atoms. The molecule has 92 valence electrons. The number of amides is 1. The van der Waals surface area contributed by atoms with Gasteiger partial charge < -0.3 is 9.84 Å². The fraction of sp³-hybridized carbons (Fsp3) is 0.273. The van der Waals surface area contributed by atoms with Crippen LogP contribution in [0.2, 0.25) is 0 Å². The van der Waals surface area contributed by atoms with Crippen molar-refractivity contribution in [3.05, 3.63) is 35.4 Å². The Hall–Kier alpha value is -1.92. The van der Waals surface area contributed by atoms with Gasteiger partial charge in [0.1, 0.15) is 0 Å². The van der Waals surface area contributed by atoms with Crippen LogP contribution in [0.1, 0.15) is 15.9 Å². The predicted octanol–water partition coefficient (Wildman–Crippen LogP) is 0.579. The lowest BCUT2D eigenvalue weighted by atomic mass is 10.1. The van der Waals surface area contributed by atoms with Crippen molar-refractivity contribution in [1.82, 2.24) is 5.48 Å². The summed E-state index contributed by atoms with van der Waals surface area (Å²) in [6.07, 6.45) is 0. The van der Waals surface area contributed by atoms with Gasteiger partial charge in [-0.25, -0.2) is 10.3 Å². The highest BCUT2D eigenvalue weighted by Crippen LogP contribution is 2.06. The number of aliphatic carboxylic acids is 1. The summed E-state index contributed by atoms with van der Waals surface area (Å²) in [5.41, 5.74) is 3.26. The molecule has 0 heterocycles. The third kappa shape index (κ3) is 4.62. The lowest BCUT2D eigenvalue weighted by Crippen LogP contribution is -2.26. The third-order valence-electron chi connectivity index (χ3n) is 1.86. The average molecular weight is 239 g/mol. The van der Waals surface area contributed by atoms with E-state index >= 15 is 0 Å². The maximum Gasteiger partial charge on any atom is 0.332 e. The number of benzene rings is 1. The number of carbonyl (C=O) groups excluding carboxylic acids is 1. The van der Waals surface area contributed by atoms with Crippen molar-refractivity contribution in [2.24, 2.45) is 0 Å². The van der Waals surface area contributed by atoms with Gasteiger partial charge in [0, 0.05) is 12.7 Å². The van der Waals surface area contributed by atoms with E-state index in [1.165, 1.54) is 0 Å². The molecule has 1 rings (SSSR count). The highest BCUT2D eigenvalue weighted by atomic mass is 16.7. The number of carbonyl (C=O) groups is 2. The Morgan fingerprint density at radius 3 is 2.82 bits per heavy atom. The Kier molecular flexibility index (Phi) is 5.12. The molecule has 0 unspecified atom stereocenters. The standard InChI is InChI=1S/C11H13NO5/c1-16-6-8-3-2-4-9(5-8)11(15)12-17-7-10(13)14/h2-5H,6-7H2,1H3,(H,12,15)(H,13,14). The van der Waals surface area contributed by atoms with Crippen LogP contribution in [0.25, 0.3) is 0 Å².